The highest BCUT2D eigenvalue weighted by Crippen LogP contribution is 2.48. The number of fused-ring (bicyclic) bond motifs is 2. The molecule has 0 radical (unpaired) electrons. The van der Waals surface area contributed by atoms with Crippen molar-refractivity contribution in [3.05, 3.63) is 35.1 Å². The highest BCUT2D eigenvalue weighted by molar-refractivity contribution is 5.78. The molecule has 172 valence electrons. The summed E-state index contributed by atoms with van der Waals surface area (Å²) in [5.74, 6) is -0.421. The van der Waals surface area contributed by atoms with Crippen molar-refractivity contribution in [2.45, 2.75) is 77.7 Å². The molecule has 0 saturated carbocycles. The predicted molar refractivity (Wildman–Crippen MR) is 121 cm³/mol. The van der Waals surface area contributed by atoms with Crippen LogP contribution < -0.4 is 10.6 Å². The zero-order valence-corrected chi connectivity index (χ0v) is 19.5. The summed E-state index contributed by atoms with van der Waals surface area (Å²) in [6.07, 6.45) is 5.34. The summed E-state index contributed by atoms with van der Waals surface area (Å²) in [6, 6.07) is 4.98. The third-order valence-electron chi connectivity index (χ3n) is 6.93. The monoisotopic (exact) mass is 431 g/mol. The van der Waals surface area contributed by atoms with E-state index in [1.54, 1.807) is 6.07 Å². The number of halogens is 1. The summed E-state index contributed by atoms with van der Waals surface area (Å²) in [7, 11) is 0. The lowest BCUT2D eigenvalue weighted by molar-refractivity contribution is -0.122. The van der Waals surface area contributed by atoms with Crippen LogP contribution in [0.5, 0.6) is 0 Å². The highest BCUT2D eigenvalue weighted by atomic mass is 19.1. The van der Waals surface area contributed by atoms with Gasteiger partial charge in [-0.05, 0) is 85.8 Å². The van der Waals surface area contributed by atoms with Crippen molar-refractivity contribution in [2.75, 3.05) is 26.2 Å². The average molecular weight is 432 g/mol. The van der Waals surface area contributed by atoms with Crippen LogP contribution in [-0.2, 0) is 15.0 Å². The number of hydrogen-bond donors (Lipinski definition) is 2. The maximum atomic E-state index is 14.3. The lowest BCUT2D eigenvalue weighted by atomic mass is 9.63. The third-order valence-corrected chi connectivity index (χ3v) is 6.93. The Kier molecular flexibility index (Phi) is 7.40. The number of amides is 2. The SMILES string of the molecule is CC(=O)NCCC(=O)N[C@@H]1CCC2(CCN(CCC(C)(C)C)CC2)c2cc(F)ccc21. The van der Waals surface area contributed by atoms with E-state index in [0.29, 0.717) is 12.0 Å². The second-order valence-corrected chi connectivity index (χ2v) is 10.6. The Balaban J connectivity index is 1.68. The van der Waals surface area contributed by atoms with E-state index in [0.717, 1.165) is 56.4 Å². The third kappa shape index (κ3) is 6.28. The predicted octanol–water partition coefficient (Wildman–Crippen LogP) is 4.07. The molecule has 2 N–H and O–H groups in total. The van der Waals surface area contributed by atoms with Gasteiger partial charge in [0, 0.05) is 19.9 Å². The maximum absolute atomic E-state index is 14.3. The zero-order chi connectivity index (χ0) is 22.6. The average Bonchev–Trinajstić information content (AvgIpc) is 2.69. The molecule has 1 fully saturated rings. The molecule has 1 aromatic rings. The molecule has 0 bridgehead atoms. The van der Waals surface area contributed by atoms with Crippen molar-refractivity contribution in [3.63, 3.8) is 0 Å². The minimum absolute atomic E-state index is 0.00702. The van der Waals surface area contributed by atoms with Crippen molar-refractivity contribution in [2.24, 2.45) is 5.41 Å². The number of carbonyl (C=O) groups is 2. The molecule has 0 aromatic heterocycles. The minimum atomic E-state index is -0.203. The van der Waals surface area contributed by atoms with Gasteiger partial charge in [0.05, 0.1) is 6.04 Å². The van der Waals surface area contributed by atoms with E-state index >= 15 is 0 Å². The van der Waals surface area contributed by atoms with Gasteiger partial charge in [0.1, 0.15) is 5.82 Å². The van der Waals surface area contributed by atoms with Gasteiger partial charge in [0.15, 0.2) is 0 Å². The summed E-state index contributed by atoms with van der Waals surface area (Å²) in [4.78, 5) is 26.0. The lowest BCUT2D eigenvalue weighted by Crippen LogP contribution is -2.47. The quantitative estimate of drug-likeness (QED) is 0.714. The number of carbonyl (C=O) groups excluding carboxylic acids is 2. The Morgan fingerprint density at radius 2 is 1.90 bits per heavy atom. The van der Waals surface area contributed by atoms with E-state index in [2.05, 4.69) is 36.3 Å². The van der Waals surface area contributed by atoms with E-state index < -0.39 is 0 Å². The largest absolute Gasteiger partial charge is 0.356 e. The van der Waals surface area contributed by atoms with Crippen LogP contribution in [0.2, 0.25) is 0 Å². The molecular formula is C25H38FN3O2. The van der Waals surface area contributed by atoms with Gasteiger partial charge in [-0.2, -0.15) is 0 Å². The number of benzene rings is 1. The number of hydrogen-bond acceptors (Lipinski definition) is 3. The van der Waals surface area contributed by atoms with Crippen molar-refractivity contribution < 1.29 is 14.0 Å². The van der Waals surface area contributed by atoms with Crippen LogP contribution in [0.25, 0.3) is 0 Å². The van der Waals surface area contributed by atoms with E-state index in [1.807, 2.05) is 6.07 Å². The van der Waals surface area contributed by atoms with Gasteiger partial charge in [0.2, 0.25) is 11.8 Å². The smallest absolute Gasteiger partial charge is 0.222 e. The van der Waals surface area contributed by atoms with E-state index in [4.69, 9.17) is 0 Å². The van der Waals surface area contributed by atoms with Gasteiger partial charge in [0.25, 0.3) is 0 Å². The Hall–Kier alpha value is -1.95. The number of nitrogens with one attached hydrogen (secondary N) is 2. The first kappa shape index (κ1) is 23.7. The van der Waals surface area contributed by atoms with Gasteiger partial charge < -0.3 is 15.5 Å². The lowest BCUT2D eigenvalue weighted by Gasteiger charge is -2.47. The molecular weight excluding hydrogens is 393 g/mol. The van der Waals surface area contributed by atoms with Crippen LogP contribution in [0.4, 0.5) is 4.39 Å². The Labute approximate surface area is 186 Å². The fourth-order valence-corrected chi connectivity index (χ4v) is 4.99. The van der Waals surface area contributed by atoms with E-state index in [1.165, 1.54) is 19.4 Å². The second kappa shape index (κ2) is 9.68. The normalized spacial score (nSPS) is 20.9. The van der Waals surface area contributed by atoms with Crippen LogP contribution in [0.15, 0.2) is 18.2 Å². The highest BCUT2D eigenvalue weighted by Gasteiger charge is 2.42. The fourth-order valence-electron chi connectivity index (χ4n) is 4.99. The van der Waals surface area contributed by atoms with Gasteiger partial charge in [-0.1, -0.05) is 26.8 Å². The Morgan fingerprint density at radius 1 is 1.19 bits per heavy atom. The molecule has 1 aromatic carbocycles. The first-order valence-electron chi connectivity index (χ1n) is 11.6. The topological polar surface area (TPSA) is 61.4 Å². The molecule has 1 aliphatic heterocycles. The second-order valence-electron chi connectivity index (χ2n) is 10.6. The first-order chi connectivity index (χ1) is 14.6. The molecule has 1 saturated heterocycles. The van der Waals surface area contributed by atoms with Crippen molar-refractivity contribution in [3.8, 4) is 0 Å². The molecule has 1 aliphatic carbocycles. The van der Waals surface area contributed by atoms with Gasteiger partial charge in [-0.3, -0.25) is 9.59 Å². The molecule has 2 amide bonds. The Bertz CT molecular complexity index is 794. The first-order valence-corrected chi connectivity index (χ1v) is 11.6. The van der Waals surface area contributed by atoms with Crippen molar-refractivity contribution >= 4 is 11.8 Å². The van der Waals surface area contributed by atoms with Crippen LogP contribution in [0.3, 0.4) is 0 Å². The van der Waals surface area contributed by atoms with Crippen LogP contribution in [-0.4, -0.2) is 42.9 Å². The van der Waals surface area contributed by atoms with Gasteiger partial charge >= 0.3 is 0 Å². The van der Waals surface area contributed by atoms with Crippen LogP contribution >= 0.6 is 0 Å². The number of piperidine rings is 1. The fraction of sp³-hybridized carbons (Fsp3) is 0.680. The molecule has 5 nitrogen and oxygen atoms in total. The van der Waals surface area contributed by atoms with Gasteiger partial charge in [-0.25, -0.2) is 4.39 Å². The molecule has 1 spiro atoms. The molecule has 2 aliphatic rings. The summed E-state index contributed by atoms with van der Waals surface area (Å²) < 4.78 is 14.3. The molecule has 1 heterocycles. The Morgan fingerprint density at radius 3 is 2.55 bits per heavy atom. The molecule has 3 rings (SSSR count). The van der Waals surface area contributed by atoms with E-state index in [9.17, 15) is 14.0 Å². The molecule has 1 atom stereocenters. The molecule has 0 unspecified atom stereocenters. The van der Waals surface area contributed by atoms with Crippen LogP contribution in [0, 0.1) is 11.2 Å². The summed E-state index contributed by atoms with van der Waals surface area (Å²) in [6.45, 7) is 11.8. The van der Waals surface area contributed by atoms with Crippen molar-refractivity contribution in [1.29, 1.82) is 0 Å². The van der Waals surface area contributed by atoms with E-state index in [-0.39, 0.29) is 35.5 Å². The van der Waals surface area contributed by atoms with Crippen molar-refractivity contribution in [1.82, 2.24) is 15.5 Å². The number of likely N-dealkylation sites (tertiary alicyclic amines) is 1. The van der Waals surface area contributed by atoms with Gasteiger partial charge in [-0.15, -0.1) is 0 Å². The molecule has 6 heteroatoms. The summed E-state index contributed by atoms with van der Waals surface area (Å²) in [5, 5.41) is 5.77. The standard InChI is InChI=1S/C25H38FN3O2/c1-18(30)27-13-8-23(31)28-22-7-9-25(21-17-19(26)5-6-20(21)22)11-15-29(16-12-25)14-10-24(2,3)4/h5-6,17,22H,7-16H2,1-4H3,(H,27,30)(H,28,31)/t22-/m1/s1. The minimum Gasteiger partial charge on any atom is -0.356 e. The van der Waals surface area contributed by atoms with Crippen LogP contribution in [0.1, 0.15) is 83.4 Å². The summed E-state index contributed by atoms with van der Waals surface area (Å²) >= 11 is 0. The maximum Gasteiger partial charge on any atom is 0.222 e. The number of nitrogens with zero attached hydrogens (tertiary/aromatic N) is 1. The summed E-state index contributed by atoms with van der Waals surface area (Å²) in [5.41, 5.74) is 2.48. The zero-order valence-electron chi connectivity index (χ0n) is 19.5. The number of rotatable bonds is 6. The molecule has 31 heavy (non-hydrogen) atoms.